The Balaban J connectivity index is 2.65. The van der Waals surface area contributed by atoms with Crippen LogP contribution in [0, 0.1) is 0 Å². The Hall–Kier alpha value is -1.00. The zero-order valence-electron chi connectivity index (χ0n) is 11.9. The highest BCUT2D eigenvalue weighted by molar-refractivity contribution is 7.98. The molecule has 0 spiro atoms. The Morgan fingerprint density at radius 3 is 2.79 bits per heavy atom. The van der Waals surface area contributed by atoms with Crippen LogP contribution in [-0.4, -0.2) is 31.9 Å². The molecule has 0 saturated carbocycles. The summed E-state index contributed by atoms with van der Waals surface area (Å²) in [6, 6.07) is 5.66. The summed E-state index contributed by atoms with van der Waals surface area (Å²) < 4.78 is 10.6. The number of carbonyl (C=O) groups excluding carboxylic acids is 1. The van der Waals surface area contributed by atoms with Gasteiger partial charge < -0.3 is 9.47 Å². The van der Waals surface area contributed by atoms with Crippen molar-refractivity contribution in [3.63, 3.8) is 0 Å². The Kier molecular flexibility index (Phi) is 7.60. The average molecular weight is 282 g/mol. The number of hydrogen-bond donors (Lipinski definition) is 0. The largest absolute Gasteiger partial charge is 0.494 e. The van der Waals surface area contributed by atoms with Crippen LogP contribution in [0.1, 0.15) is 36.2 Å². The number of Topliss-reactive ketones (excluding diaryl/α,β-unsaturated/α-hetero) is 1. The normalized spacial score (nSPS) is 10.5. The van der Waals surface area contributed by atoms with Gasteiger partial charge in [-0.05, 0) is 44.2 Å². The molecule has 1 rings (SSSR count). The summed E-state index contributed by atoms with van der Waals surface area (Å²) in [6.07, 6.45) is 1.04. The van der Waals surface area contributed by atoms with Gasteiger partial charge in [0, 0.05) is 30.6 Å². The monoisotopic (exact) mass is 282 g/mol. The van der Waals surface area contributed by atoms with Gasteiger partial charge in [0.2, 0.25) is 0 Å². The fraction of sp³-hybridized carbons (Fsp3) is 0.533. The minimum Gasteiger partial charge on any atom is -0.494 e. The van der Waals surface area contributed by atoms with Gasteiger partial charge in [0.1, 0.15) is 5.75 Å². The van der Waals surface area contributed by atoms with Crippen LogP contribution in [-0.2, 0) is 10.5 Å². The van der Waals surface area contributed by atoms with E-state index in [1.165, 1.54) is 0 Å². The number of benzene rings is 1. The lowest BCUT2D eigenvalue weighted by atomic mass is 10.1. The molecule has 0 radical (unpaired) electrons. The van der Waals surface area contributed by atoms with Gasteiger partial charge in [-0.25, -0.2) is 0 Å². The molecule has 4 heteroatoms. The molecular weight excluding hydrogens is 260 g/mol. The SMILES string of the molecule is CCOc1ccc(C(C)=O)cc1CSCCCOC. The van der Waals surface area contributed by atoms with Crippen LogP contribution in [0.4, 0.5) is 0 Å². The lowest BCUT2D eigenvalue weighted by Gasteiger charge is -2.11. The van der Waals surface area contributed by atoms with Crippen molar-refractivity contribution in [2.75, 3.05) is 26.1 Å². The van der Waals surface area contributed by atoms with Crippen molar-refractivity contribution < 1.29 is 14.3 Å². The molecule has 0 heterocycles. The molecule has 0 aliphatic rings. The van der Waals surface area contributed by atoms with Crippen molar-refractivity contribution in [2.45, 2.75) is 26.0 Å². The zero-order chi connectivity index (χ0) is 14.1. The van der Waals surface area contributed by atoms with E-state index in [2.05, 4.69) is 0 Å². The Morgan fingerprint density at radius 2 is 2.16 bits per heavy atom. The van der Waals surface area contributed by atoms with E-state index in [1.54, 1.807) is 14.0 Å². The smallest absolute Gasteiger partial charge is 0.159 e. The molecule has 0 atom stereocenters. The van der Waals surface area contributed by atoms with Crippen LogP contribution in [0.2, 0.25) is 0 Å². The van der Waals surface area contributed by atoms with E-state index < -0.39 is 0 Å². The van der Waals surface area contributed by atoms with Crippen molar-refractivity contribution in [3.8, 4) is 5.75 Å². The summed E-state index contributed by atoms with van der Waals surface area (Å²) in [5, 5.41) is 0. The van der Waals surface area contributed by atoms with Gasteiger partial charge in [0.15, 0.2) is 5.78 Å². The second-order valence-corrected chi connectivity index (χ2v) is 5.32. The lowest BCUT2D eigenvalue weighted by molar-refractivity contribution is 0.101. The number of hydrogen-bond acceptors (Lipinski definition) is 4. The first-order chi connectivity index (χ1) is 9.19. The number of methoxy groups -OCH3 is 1. The van der Waals surface area contributed by atoms with Crippen LogP contribution in [0.15, 0.2) is 18.2 Å². The molecule has 0 saturated heterocycles. The third kappa shape index (κ3) is 5.66. The Morgan fingerprint density at radius 1 is 1.37 bits per heavy atom. The number of rotatable bonds is 9. The maximum absolute atomic E-state index is 11.4. The van der Waals surface area contributed by atoms with Crippen molar-refractivity contribution in [3.05, 3.63) is 29.3 Å². The summed E-state index contributed by atoms with van der Waals surface area (Å²) in [6.45, 7) is 4.99. The second kappa shape index (κ2) is 8.99. The van der Waals surface area contributed by atoms with Crippen molar-refractivity contribution in [2.24, 2.45) is 0 Å². The van der Waals surface area contributed by atoms with Gasteiger partial charge in [0.05, 0.1) is 6.61 Å². The molecule has 0 aliphatic carbocycles. The van der Waals surface area contributed by atoms with E-state index in [4.69, 9.17) is 9.47 Å². The molecule has 19 heavy (non-hydrogen) atoms. The highest BCUT2D eigenvalue weighted by atomic mass is 32.2. The third-order valence-corrected chi connectivity index (χ3v) is 3.75. The minimum atomic E-state index is 0.0914. The maximum atomic E-state index is 11.4. The molecule has 0 aliphatic heterocycles. The first-order valence-electron chi connectivity index (χ1n) is 6.52. The first kappa shape index (κ1) is 16.1. The predicted octanol–water partition coefficient (Wildman–Crippen LogP) is 3.56. The van der Waals surface area contributed by atoms with E-state index in [1.807, 2.05) is 36.9 Å². The number of thioether (sulfide) groups is 1. The highest BCUT2D eigenvalue weighted by Gasteiger charge is 2.07. The van der Waals surface area contributed by atoms with Gasteiger partial charge in [0.25, 0.3) is 0 Å². The fourth-order valence-electron chi connectivity index (χ4n) is 1.69. The van der Waals surface area contributed by atoms with Crippen LogP contribution in [0.3, 0.4) is 0 Å². The van der Waals surface area contributed by atoms with E-state index in [0.717, 1.165) is 41.4 Å². The molecule has 0 bridgehead atoms. The molecule has 0 unspecified atom stereocenters. The molecule has 106 valence electrons. The lowest BCUT2D eigenvalue weighted by Crippen LogP contribution is -2.00. The maximum Gasteiger partial charge on any atom is 0.159 e. The van der Waals surface area contributed by atoms with Crippen LogP contribution < -0.4 is 4.74 Å². The summed E-state index contributed by atoms with van der Waals surface area (Å²) in [5.41, 5.74) is 1.84. The minimum absolute atomic E-state index is 0.0914. The number of ether oxygens (including phenoxy) is 2. The topological polar surface area (TPSA) is 35.5 Å². The Bertz CT molecular complexity index is 404. The summed E-state index contributed by atoms with van der Waals surface area (Å²) in [5.74, 6) is 2.88. The second-order valence-electron chi connectivity index (χ2n) is 4.21. The summed E-state index contributed by atoms with van der Waals surface area (Å²) in [4.78, 5) is 11.4. The van der Waals surface area contributed by atoms with Crippen molar-refractivity contribution in [1.82, 2.24) is 0 Å². The fourth-order valence-corrected chi connectivity index (χ4v) is 2.61. The van der Waals surface area contributed by atoms with Gasteiger partial charge in [-0.1, -0.05) is 0 Å². The van der Waals surface area contributed by atoms with Crippen LogP contribution in [0.5, 0.6) is 5.75 Å². The molecule has 0 fully saturated rings. The molecule has 3 nitrogen and oxygen atoms in total. The molecule has 0 aromatic heterocycles. The zero-order valence-corrected chi connectivity index (χ0v) is 12.7. The van der Waals surface area contributed by atoms with E-state index >= 15 is 0 Å². The molecular formula is C15H22O3S. The van der Waals surface area contributed by atoms with E-state index in [0.29, 0.717) is 6.61 Å². The molecule has 0 amide bonds. The Labute approximate surface area is 119 Å². The van der Waals surface area contributed by atoms with Gasteiger partial charge in [-0.15, -0.1) is 0 Å². The van der Waals surface area contributed by atoms with E-state index in [-0.39, 0.29) is 5.78 Å². The number of ketones is 1. The van der Waals surface area contributed by atoms with Crippen molar-refractivity contribution >= 4 is 17.5 Å². The van der Waals surface area contributed by atoms with E-state index in [9.17, 15) is 4.79 Å². The quantitative estimate of drug-likeness (QED) is 0.512. The molecule has 1 aromatic carbocycles. The number of carbonyl (C=O) groups is 1. The van der Waals surface area contributed by atoms with Gasteiger partial charge >= 0.3 is 0 Å². The van der Waals surface area contributed by atoms with Crippen LogP contribution in [0.25, 0.3) is 0 Å². The molecule has 1 aromatic rings. The predicted molar refractivity (Wildman–Crippen MR) is 80.3 cm³/mol. The first-order valence-corrected chi connectivity index (χ1v) is 7.67. The standard InChI is InChI=1S/C15H22O3S/c1-4-18-15-7-6-13(12(2)16)10-14(15)11-19-9-5-8-17-3/h6-7,10H,4-5,8-9,11H2,1-3H3. The van der Waals surface area contributed by atoms with Crippen molar-refractivity contribution in [1.29, 1.82) is 0 Å². The van der Waals surface area contributed by atoms with Gasteiger partial charge in [-0.3, -0.25) is 4.79 Å². The highest BCUT2D eigenvalue weighted by Crippen LogP contribution is 2.25. The van der Waals surface area contributed by atoms with Crippen LogP contribution >= 0.6 is 11.8 Å². The third-order valence-electron chi connectivity index (χ3n) is 2.66. The average Bonchev–Trinajstić information content (AvgIpc) is 2.40. The molecule has 0 N–H and O–H groups in total. The summed E-state index contributed by atoms with van der Waals surface area (Å²) >= 11 is 1.84. The van der Waals surface area contributed by atoms with Gasteiger partial charge in [-0.2, -0.15) is 11.8 Å². The summed E-state index contributed by atoms with van der Waals surface area (Å²) in [7, 11) is 1.72.